The van der Waals surface area contributed by atoms with Crippen molar-refractivity contribution in [1.82, 2.24) is 4.72 Å². The number of nitro groups is 1. The zero-order chi connectivity index (χ0) is 18.0. The van der Waals surface area contributed by atoms with Crippen LogP contribution in [0.2, 0.25) is 0 Å². The molecular weight excluding hydrogens is 398 g/mol. The van der Waals surface area contributed by atoms with Crippen LogP contribution in [0.5, 0.6) is 0 Å². The number of alkyl halides is 1. The Bertz CT molecular complexity index is 748. The molecule has 1 fully saturated rings. The van der Waals surface area contributed by atoms with Gasteiger partial charge < -0.3 is 0 Å². The van der Waals surface area contributed by atoms with E-state index in [0.717, 1.165) is 37.8 Å². The number of nitrogens with one attached hydrogen (secondary N) is 1. The topological polar surface area (TPSA) is 102 Å². The van der Waals surface area contributed by atoms with E-state index in [2.05, 4.69) is 25.6 Å². The molecule has 1 aromatic carbocycles. The van der Waals surface area contributed by atoms with Crippen molar-refractivity contribution in [2.24, 2.45) is 4.99 Å². The monoisotopic (exact) mass is 417 g/mol. The van der Waals surface area contributed by atoms with E-state index < -0.39 is 14.9 Å². The number of nitro benzene ring substituents is 1. The Hall–Kier alpha value is -1.48. The highest BCUT2D eigenvalue weighted by Crippen LogP contribution is 2.36. The summed E-state index contributed by atoms with van der Waals surface area (Å²) >= 11 is 3.64. The minimum absolute atomic E-state index is 0.0353. The molecular formula is C15H20BrN3O4S. The van der Waals surface area contributed by atoms with Crippen LogP contribution < -0.4 is 4.72 Å². The smallest absolute Gasteiger partial charge is 0.267 e. The number of nitrogens with zero attached hydrogens (tertiary/aromatic N) is 2. The highest BCUT2D eigenvalue weighted by molar-refractivity contribution is 9.09. The summed E-state index contributed by atoms with van der Waals surface area (Å²) in [5, 5.41) is 10.6. The summed E-state index contributed by atoms with van der Waals surface area (Å²) in [4.78, 5) is 14.8. The molecule has 0 aliphatic heterocycles. The third-order valence-electron chi connectivity index (χ3n) is 4.13. The number of sulfonamides is 1. The van der Waals surface area contributed by atoms with Crippen molar-refractivity contribution in [2.45, 2.75) is 54.8 Å². The molecule has 2 rings (SSSR count). The summed E-state index contributed by atoms with van der Waals surface area (Å²) in [6.45, 7) is 3.62. The first-order chi connectivity index (χ1) is 11.1. The van der Waals surface area contributed by atoms with Gasteiger partial charge in [-0.25, -0.2) is 8.42 Å². The van der Waals surface area contributed by atoms with Crippen molar-refractivity contribution in [3.63, 3.8) is 0 Å². The Morgan fingerprint density at radius 1 is 1.38 bits per heavy atom. The van der Waals surface area contributed by atoms with E-state index in [9.17, 15) is 18.5 Å². The summed E-state index contributed by atoms with van der Waals surface area (Å²) in [5.74, 6) is 0.308. The van der Waals surface area contributed by atoms with Crippen LogP contribution in [0, 0.1) is 10.1 Å². The summed E-state index contributed by atoms with van der Waals surface area (Å²) in [6.07, 6.45) is 4.08. The molecule has 0 unspecified atom stereocenters. The second kappa shape index (κ2) is 7.18. The summed E-state index contributed by atoms with van der Waals surface area (Å²) < 4.78 is 27.2. The molecule has 1 aliphatic carbocycles. The van der Waals surface area contributed by atoms with Crippen molar-refractivity contribution in [2.75, 3.05) is 0 Å². The first-order valence-corrected chi connectivity index (χ1v) is 10.0. The standard InChI is InChI=1S/C15H20BrN3O4S/c1-11(17-15(2)10-4-3-5-14(15)16)18-24(22,23)13-8-6-12(7-9-13)19(20)21/h6-9,14H,3-5,10H2,1-2H3,(H,17,18)/t14-,15-/m0/s1. The fraction of sp³-hybridized carbons (Fsp3) is 0.533. The lowest BCUT2D eigenvalue weighted by Crippen LogP contribution is -2.40. The zero-order valence-corrected chi connectivity index (χ0v) is 15.9. The minimum Gasteiger partial charge on any atom is -0.267 e. The van der Waals surface area contributed by atoms with Gasteiger partial charge in [0.2, 0.25) is 0 Å². The van der Waals surface area contributed by atoms with Crippen molar-refractivity contribution >= 4 is 37.5 Å². The average molecular weight is 418 g/mol. The van der Waals surface area contributed by atoms with Gasteiger partial charge in [0, 0.05) is 17.0 Å². The van der Waals surface area contributed by atoms with Crippen LogP contribution in [0.25, 0.3) is 0 Å². The highest BCUT2D eigenvalue weighted by atomic mass is 79.9. The van der Waals surface area contributed by atoms with Crippen LogP contribution in [0.4, 0.5) is 5.69 Å². The third kappa shape index (κ3) is 4.32. The van der Waals surface area contributed by atoms with E-state index in [1.165, 1.54) is 12.1 Å². The SMILES string of the molecule is CC(=N[C@@]1(C)CCCC[C@@H]1Br)NS(=O)(=O)c1ccc([N+](=O)[O-])cc1. The van der Waals surface area contributed by atoms with Gasteiger partial charge in [0.05, 0.1) is 15.4 Å². The fourth-order valence-corrected chi connectivity index (χ4v) is 4.51. The maximum Gasteiger partial charge on any atom is 0.269 e. The van der Waals surface area contributed by atoms with Crippen LogP contribution in [0.3, 0.4) is 0 Å². The number of halogens is 1. The molecule has 0 spiro atoms. The normalized spacial score (nSPS) is 25.3. The molecule has 24 heavy (non-hydrogen) atoms. The van der Waals surface area contributed by atoms with E-state index in [1.54, 1.807) is 6.92 Å². The zero-order valence-electron chi connectivity index (χ0n) is 13.5. The summed E-state index contributed by atoms with van der Waals surface area (Å²) in [7, 11) is -3.82. The molecule has 0 radical (unpaired) electrons. The van der Waals surface area contributed by atoms with Crippen LogP contribution in [0.15, 0.2) is 34.2 Å². The summed E-state index contributed by atoms with van der Waals surface area (Å²) in [5.41, 5.74) is -0.503. The molecule has 2 atom stereocenters. The van der Waals surface area contributed by atoms with Crippen molar-refractivity contribution in [3.05, 3.63) is 34.4 Å². The molecule has 1 N–H and O–H groups in total. The van der Waals surface area contributed by atoms with Gasteiger partial charge in [-0.15, -0.1) is 0 Å². The maximum absolute atomic E-state index is 12.4. The first-order valence-electron chi connectivity index (χ1n) is 7.62. The number of amidine groups is 1. The van der Waals surface area contributed by atoms with Crippen molar-refractivity contribution in [1.29, 1.82) is 0 Å². The number of rotatable bonds is 4. The van der Waals surface area contributed by atoms with E-state index in [4.69, 9.17) is 0 Å². The van der Waals surface area contributed by atoms with Crippen LogP contribution in [-0.2, 0) is 10.0 Å². The lowest BCUT2D eigenvalue weighted by Gasteiger charge is -2.35. The minimum atomic E-state index is -3.82. The molecule has 0 heterocycles. The second-order valence-electron chi connectivity index (χ2n) is 6.12. The fourth-order valence-electron chi connectivity index (χ4n) is 2.81. The highest BCUT2D eigenvalue weighted by Gasteiger charge is 2.35. The number of benzene rings is 1. The Morgan fingerprint density at radius 3 is 2.54 bits per heavy atom. The molecule has 1 aliphatic rings. The maximum atomic E-state index is 12.4. The molecule has 1 saturated carbocycles. The summed E-state index contributed by atoms with van der Waals surface area (Å²) in [6, 6.07) is 4.75. The van der Waals surface area contributed by atoms with Gasteiger partial charge in [-0.05, 0) is 38.8 Å². The van der Waals surface area contributed by atoms with E-state index in [-0.39, 0.29) is 20.9 Å². The molecule has 0 amide bonds. The Morgan fingerprint density at radius 2 is 2.00 bits per heavy atom. The van der Waals surface area contributed by atoms with Crippen LogP contribution >= 0.6 is 15.9 Å². The van der Waals surface area contributed by atoms with Gasteiger partial charge in [0.1, 0.15) is 5.84 Å². The van der Waals surface area contributed by atoms with Gasteiger partial charge in [0.25, 0.3) is 15.7 Å². The Balaban J connectivity index is 2.18. The van der Waals surface area contributed by atoms with Crippen molar-refractivity contribution < 1.29 is 13.3 Å². The van der Waals surface area contributed by atoms with Crippen molar-refractivity contribution in [3.8, 4) is 0 Å². The van der Waals surface area contributed by atoms with Gasteiger partial charge >= 0.3 is 0 Å². The molecule has 132 valence electrons. The van der Waals surface area contributed by atoms with Gasteiger partial charge in [-0.3, -0.25) is 19.8 Å². The lowest BCUT2D eigenvalue weighted by molar-refractivity contribution is -0.384. The van der Waals surface area contributed by atoms with Crippen LogP contribution in [0.1, 0.15) is 39.5 Å². The Labute approximate surface area is 149 Å². The molecule has 9 heteroatoms. The van der Waals surface area contributed by atoms with Crippen LogP contribution in [-0.4, -0.2) is 29.5 Å². The number of non-ortho nitro benzene ring substituents is 1. The molecule has 0 aromatic heterocycles. The third-order valence-corrected chi connectivity index (χ3v) is 7.03. The number of aliphatic imine (C=N–C) groups is 1. The van der Waals surface area contributed by atoms with E-state index in [0.29, 0.717) is 5.84 Å². The predicted molar refractivity (Wildman–Crippen MR) is 96.1 cm³/mol. The Kier molecular flexibility index (Phi) is 5.64. The molecule has 1 aromatic rings. The second-order valence-corrected chi connectivity index (χ2v) is 8.91. The lowest BCUT2D eigenvalue weighted by atomic mass is 9.84. The quantitative estimate of drug-likeness (QED) is 0.266. The van der Waals surface area contributed by atoms with E-state index >= 15 is 0 Å². The molecule has 0 saturated heterocycles. The number of hydrogen-bond donors (Lipinski definition) is 1. The van der Waals surface area contributed by atoms with Gasteiger partial charge in [-0.2, -0.15) is 0 Å². The number of hydrogen-bond acceptors (Lipinski definition) is 5. The molecule has 0 bridgehead atoms. The van der Waals surface area contributed by atoms with Gasteiger partial charge in [-0.1, -0.05) is 28.8 Å². The van der Waals surface area contributed by atoms with E-state index in [1.807, 2.05) is 6.92 Å². The first kappa shape index (κ1) is 18.9. The largest absolute Gasteiger partial charge is 0.269 e. The van der Waals surface area contributed by atoms with Gasteiger partial charge in [0.15, 0.2) is 0 Å². The molecule has 7 nitrogen and oxygen atoms in total. The average Bonchev–Trinajstić information content (AvgIpc) is 2.49. The predicted octanol–water partition coefficient (Wildman–Crippen LogP) is 3.39.